The molecule has 190 valence electrons. The second-order valence-corrected chi connectivity index (χ2v) is 11.0. The summed E-state index contributed by atoms with van der Waals surface area (Å²) in [6, 6.07) is 18.2. The van der Waals surface area contributed by atoms with Crippen LogP contribution in [0.5, 0.6) is 0 Å². The van der Waals surface area contributed by atoms with Crippen molar-refractivity contribution in [1.82, 2.24) is 10.2 Å². The quantitative estimate of drug-likeness (QED) is 0.441. The van der Waals surface area contributed by atoms with E-state index in [4.69, 9.17) is 0 Å². The summed E-state index contributed by atoms with van der Waals surface area (Å²) < 4.78 is 27.9. The number of carbonyl (C=O) groups is 2. The molecule has 0 saturated heterocycles. The van der Waals surface area contributed by atoms with E-state index >= 15 is 0 Å². The number of nitrogens with zero attached hydrogens (tertiary/aromatic N) is 2. The van der Waals surface area contributed by atoms with Crippen LogP contribution >= 0.6 is 0 Å². The number of sulfonamides is 1. The highest BCUT2D eigenvalue weighted by Gasteiger charge is 2.35. The van der Waals surface area contributed by atoms with Gasteiger partial charge in [0.05, 0.1) is 10.6 Å². The first-order valence-electron chi connectivity index (χ1n) is 12.4. The molecule has 0 radical (unpaired) electrons. The fourth-order valence-corrected chi connectivity index (χ4v) is 6.68. The lowest BCUT2D eigenvalue weighted by Gasteiger charge is -2.31. The van der Waals surface area contributed by atoms with Gasteiger partial charge in [0, 0.05) is 31.4 Å². The van der Waals surface area contributed by atoms with Crippen LogP contribution < -0.4 is 9.62 Å². The number of hydrogen-bond acceptors (Lipinski definition) is 4. The molecule has 2 amide bonds. The van der Waals surface area contributed by atoms with Gasteiger partial charge in [0.15, 0.2) is 0 Å². The van der Waals surface area contributed by atoms with Crippen molar-refractivity contribution in [2.75, 3.05) is 17.4 Å². The molecule has 0 spiro atoms. The fraction of sp³-hybridized carbons (Fsp3) is 0.357. The van der Waals surface area contributed by atoms with Crippen molar-refractivity contribution in [3.8, 4) is 0 Å². The minimum absolute atomic E-state index is 0.139. The summed E-state index contributed by atoms with van der Waals surface area (Å²) in [6.45, 7) is 6.74. The van der Waals surface area contributed by atoms with Gasteiger partial charge in [0.1, 0.15) is 6.04 Å². The van der Waals surface area contributed by atoms with Crippen molar-refractivity contribution in [2.24, 2.45) is 0 Å². The number of aryl methyl sites for hydroxylation is 1. The second-order valence-electron chi connectivity index (χ2n) is 9.14. The van der Waals surface area contributed by atoms with E-state index in [0.29, 0.717) is 36.5 Å². The molecule has 1 heterocycles. The van der Waals surface area contributed by atoms with E-state index in [1.807, 2.05) is 69.3 Å². The van der Waals surface area contributed by atoms with Crippen LogP contribution in [0.2, 0.25) is 0 Å². The Morgan fingerprint density at radius 2 is 1.75 bits per heavy atom. The maximum Gasteiger partial charge on any atom is 0.265 e. The molecular formula is C28H33N3O4S. The highest BCUT2D eigenvalue weighted by Crippen LogP contribution is 2.42. The Hall–Kier alpha value is -3.39. The summed E-state index contributed by atoms with van der Waals surface area (Å²) in [5, 5.41) is 4.45. The van der Waals surface area contributed by atoms with Crippen LogP contribution in [-0.4, -0.2) is 44.3 Å². The predicted octanol–water partition coefficient (Wildman–Crippen LogP) is 4.38. The first-order chi connectivity index (χ1) is 17.3. The van der Waals surface area contributed by atoms with E-state index in [2.05, 4.69) is 5.32 Å². The average molecular weight is 508 g/mol. The molecule has 1 aliphatic heterocycles. The summed E-state index contributed by atoms with van der Waals surface area (Å²) in [5.41, 5.74) is 2.69. The lowest BCUT2D eigenvalue weighted by molar-refractivity contribution is -0.141. The molecule has 0 aliphatic carbocycles. The van der Waals surface area contributed by atoms with Gasteiger partial charge in [-0.1, -0.05) is 61.0 Å². The van der Waals surface area contributed by atoms with E-state index < -0.39 is 16.1 Å². The normalized spacial score (nSPS) is 14.6. The molecule has 8 heteroatoms. The first-order valence-corrected chi connectivity index (χ1v) is 13.9. The van der Waals surface area contributed by atoms with Crippen LogP contribution in [0.4, 0.5) is 5.69 Å². The molecule has 1 atom stereocenters. The number of amides is 2. The van der Waals surface area contributed by atoms with Crippen molar-refractivity contribution < 1.29 is 18.0 Å². The maximum atomic E-state index is 13.5. The summed E-state index contributed by atoms with van der Waals surface area (Å²) in [7, 11) is -3.67. The van der Waals surface area contributed by atoms with Crippen molar-refractivity contribution in [1.29, 1.82) is 0 Å². The third-order valence-corrected chi connectivity index (χ3v) is 8.46. The van der Waals surface area contributed by atoms with Gasteiger partial charge in [0.2, 0.25) is 11.8 Å². The SMILES string of the molecule is CCNC(=O)[C@H](CC)N(Cc1cccc(C)c1)C(=O)CCCN1c2cccc3cccc(c23)S1(=O)=O. The van der Waals surface area contributed by atoms with Crippen molar-refractivity contribution >= 4 is 38.3 Å². The molecule has 1 N–H and O–H groups in total. The molecule has 3 aromatic rings. The number of carbonyl (C=O) groups excluding carboxylic acids is 2. The predicted molar refractivity (Wildman–Crippen MR) is 142 cm³/mol. The number of hydrogen-bond donors (Lipinski definition) is 1. The van der Waals surface area contributed by atoms with Crippen LogP contribution in [0.3, 0.4) is 0 Å². The third-order valence-electron chi connectivity index (χ3n) is 6.61. The topological polar surface area (TPSA) is 86.8 Å². The molecule has 4 rings (SSSR count). The van der Waals surface area contributed by atoms with Gasteiger partial charge in [0.25, 0.3) is 10.0 Å². The van der Waals surface area contributed by atoms with E-state index in [0.717, 1.165) is 21.9 Å². The minimum Gasteiger partial charge on any atom is -0.355 e. The van der Waals surface area contributed by atoms with Crippen molar-refractivity contribution in [3.63, 3.8) is 0 Å². The molecule has 0 fully saturated rings. The van der Waals surface area contributed by atoms with Crippen molar-refractivity contribution in [3.05, 3.63) is 71.8 Å². The molecular weight excluding hydrogens is 474 g/mol. The molecule has 7 nitrogen and oxygen atoms in total. The van der Waals surface area contributed by atoms with Gasteiger partial charge in [-0.25, -0.2) is 8.42 Å². The lowest BCUT2D eigenvalue weighted by atomic mass is 10.1. The summed E-state index contributed by atoms with van der Waals surface area (Å²) in [4.78, 5) is 28.2. The molecule has 0 aromatic heterocycles. The van der Waals surface area contributed by atoms with Crippen LogP contribution in [0, 0.1) is 6.92 Å². The smallest absolute Gasteiger partial charge is 0.265 e. The molecule has 1 aliphatic rings. The monoisotopic (exact) mass is 507 g/mol. The van der Waals surface area contributed by atoms with Crippen molar-refractivity contribution in [2.45, 2.75) is 57.5 Å². The molecule has 0 bridgehead atoms. The number of benzene rings is 3. The standard InChI is InChI=1S/C28H33N3O4S/c1-4-23(28(33)29-5-2)30(19-21-11-6-10-20(3)18-21)26(32)16-9-17-31-24-14-7-12-22-13-8-15-25(27(22)24)36(31,34)35/h6-8,10-15,18,23H,4-5,9,16-17,19H2,1-3H3,(H,29,33)/t23-/m0/s1. The molecule has 3 aromatic carbocycles. The van der Waals surface area contributed by atoms with Crippen LogP contribution in [-0.2, 0) is 26.2 Å². The van der Waals surface area contributed by atoms with Gasteiger partial charge < -0.3 is 10.2 Å². The average Bonchev–Trinajstić information content (AvgIpc) is 3.07. The summed E-state index contributed by atoms with van der Waals surface area (Å²) >= 11 is 0. The molecule has 36 heavy (non-hydrogen) atoms. The number of anilines is 1. The van der Waals surface area contributed by atoms with E-state index in [1.54, 1.807) is 17.0 Å². The second kappa shape index (κ2) is 10.7. The Labute approximate surface area is 213 Å². The van der Waals surface area contributed by atoms with Gasteiger partial charge >= 0.3 is 0 Å². The number of likely N-dealkylation sites (N-methyl/N-ethyl adjacent to an activating group) is 1. The van der Waals surface area contributed by atoms with Gasteiger partial charge in [-0.3, -0.25) is 13.9 Å². The fourth-order valence-electron chi connectivity index (χ4n) is 4.94. The Morgan fingerprint density at radius 1 is 1.03 bits per heavy atom. The van der Waals surface area contributed by atoms with Gasteiger partial charge in [-0.2, -0.15) is 0 Å². The summed E-state index contributed by atoms with van der Waals surface area (Å²) in [6.07, 6.45) is 0.972. The third kappa shape index (κ3) is 4.95. The van der Waals surface area contributed by atoms with E-state index in [1.165, 1.54) is 4.31 Å². The Balaban J connectivity index is 1.52. The maximum absolute atomic E-state index is 13.5. The van der Waals surface area contributed by atoms with Crippen LogP contribution in [0.25, 0.3) is 10.8 Å². The number of rotatable bonds is 10. The zero-order valence-corrected chi connectivity index (χ0v) is 21.8. The Morgan fingerprint density at radius 3 is 2.44 bits per heavy atom. The summed E-state index contributed by atoms with van der Waals surface area (Å²) in [5.74, 6) is -0.341. The highest BCUT2D eigenvalue weighted by atomic mass is 32.2. The van der Waals surface area contributed by atoms with E-state index in [9.17, 15) is 18.0 Å². The first kappa shape index (κ1) is 25.7. The van der Waals surface area contributed by atoms with Crippen LogP contribution in [0.15, 0.2) is 65.6 Å². The van der Waals surface area contributed by atoms with Crippen LogP contribution in [0.1, 0.15) is 44.2 Å². The van der Waals surface area contributed by atoms with Gasteiger partial charge in [-0.05, 0) is 49.8 Å². The lowest BCUT2D eigenvalue weighted by Crippen LogP contribution is -2.49. The largest absolute Gasteiger partial charge is 0.355 e. The zero-order chi connectivity index (χ0) is 25.9. The van der Waals surface area contributed by atoms with E-state index in [-0.39, 0.29) is 24.8 Å². The zero-order valence-electron chi connectivity index (χ0n) is 21.0. The number of nitrogens with one attached hydrogen (secondary N) is 1. The Bertz CT molecular complexity index is 1380. The Kier molecular flexibility index (Phi) is 7.64. The highest BCUT2D eigenvalue weighted by molar-refractivity contribution is 7.93. The van der Waals surface area contributed by atoms with Gasteiger partial charge in [-0.15, -0.1) is 0 Å². The molecule has 0 unspecified atom stereocenters. The molecule has 0 saturated carbocycles. The minimum atomic E-state index is -3.67.